The fourth-order valence-electron chi connectivity index (χ4n) is 2.42. The Morgan fingerprint density at radius 1 is 1.00 bits per heavy atom. The minimum absolute atomic E-state index is 0.878. The Hall–Kier alpha value is -2.00. The first-order valence-electron chi connectivity index (χ1n) is 7.43. The number of rotatable bonds is 7. The van der Waals surface area contributed by atoms with E-state index in [2.05, 4.69) is 54.5 Å². The molecule has 21 heavy (non-hydrogen) atoms. The van der Waals surface area contributed by atoms with Crippen molar-refractivity contribution < 1.29 is 4.74 Å². The molecule has 3 nitrogen and oxygen atoms in total. The van der Waals surface area contributed by atoms with Crippen LogP contribution in [0, 0.1) is 0 Å². The first-order valence-corrected chi connectivity index (χ1v) is 7.43. The molecule has 0 atom stereocenters. The molecule has 0 heterocycles. The van der Waals surface area contributed by atoms with Crippen molar-refractivity contribution in [1.29, 1.82) is 0 Å². The van der Waals surface area contributed by atoms with E-state index in [1.54, 1.807) is 7.11 Å². The molecule has 0 bridgehead atoms. The zero-order valence-corrected chi connectivity index (χ0v) is 13.1. The quantitative estimate of drug-likeness (QED) is 0.779. The van der Waals surface area contributed by atoms with E-state index < -0.39 is 0 Å². The number of nitrogens with zero attached hydrogens (tertiary/aromatic N) is 1. The molecule has 2 aromatic carbocycles. The zero-order valence-electron chi connectivity index (χ0n) is 13.1. The van der Waals surface area contributed by atoms with E-state index in [0.717, 1.165) is 30.9 Å². The summed E-state index contributed by atoms with van der Waals surface area (Å²) in [5, 5.41) is 3.47. The lowest BCUT2D eigenvalue weighted by Gasteiger charge is -2.24. The average molecular weight is 284 g/mol. The van der Waals surface area contributed by atoms with Crippen LogP contribution in [-0.2, 0) is 6.54 Å². The third kappa shape index (κ3) is 3.76. The first-order chi connectivity index (χ1) is 10.3. The number of para-hydroxylation sites is 3. The smallest absolute Gasteiger partial charge is 0.142 e. The molecule has 2 rings (SSSR count). The van der Waals surface area contributed by atoms with Gasteiger partial charge in [0.2, 0.25) is 0 Å². The Kier molecular flexibility index (Phi) is 5.64. The van der Waals surface area contributed by atoms with Gasteiger partial charge in [0, 0.05) is 19.3 Å². The number of hydrogen-bond donors (Lipinski definition) is 1. The third-order valence-electron chi connectivity index (χ3n) is 3.54. The van der Waals surface area contributed by atoms with E-state index in [0.29, 0.717) is 0 Å². The molecule has 0 aliphatic rings. The highest BCUT2D eigenvalue weighted by atomic mass is 16.5. The predicted octanol–water partition coefficient (Wildman–Crippen LogP) is 3.96. The van der Waals surface area contributed by atoms with Crippen molar-refractivity contribution in [3.63, 3.8) is 0 Å². The SMILES string of the molecule is CCCNCc1ccccc1N(C)c1ccccc1OC. The lowest BCUT2D eigenvalue weighted by Crippen LogP contribution is -2.18. The van der Waals surface area contributed by atoms with Crippen LogP contribution in [0.4, 0.5) is 11.4 Å². The Labute approximate surface area is 127 Å². The molecule has 0 saturated carbocycles. The van der Waals surface area contributed by atoms with Crippen LogP contribution < -0.4 is 15.0 Å². The molecule has 2 aromatic rings. The van der Waals surface area contributed by atoms with E-state index in [4.69, 9.17) is 4.74 Å². The minimum Gasteiger partial charge on any atom is -0.495 e. The van der Waals surface area contributed by atoms with Crippen LogP contribution in [0.25, 0.3) is 0 Å². The molecule has 1 N–H and O–H groups in total. The number of benzene rings is 2. The van der Waals surface area contributed by atoms with Gasteiger partial charge in [-0.1, -0.05) is 37.3 Å². The van der Waals surface area contributed by atoms with E-state index in [-0.39, 0.29) is 0 Å². The highest BCUT2D eigenvalue weighted by Gasteiger charge is 2.12. The Balaban J connectivity index is 2.28. The average Bonchev–Trinajstić information content (AvgIpc) is 2.55. The van der Waals surface area contributed by atoms with Gasteiger partial charge >= 0.3 is 0 Å². The lowest BCUT2D eigenvalue weighted by molar-refractivity contribution is 0.415. The second-order valence-corrected chi connectivity index (χ2v) is 5.04. The summed E-state index contributed by atoms with van der Waals surface area (Å²) in [5.74, 6) is 0.885. The molecule has 0 aromatic heterocycles. The monoisotopic (exact) mass is 284 g/mol. The summed E-state index contributed by atoms with van der Waals surface area (Å²) in [6.45, 7) is 4.09. The molecule has 0 unspecified atom stereocenters. The summed E-state index contributed by atoms with van der Waals surface area (Å²) in [5.41, 5.74) is 3.56. The van der Waals surface area contributed by atoms with Gasteiger partial charge in [-0.05, 0) is 36.7 Å². The maximum Gasteiger partial charge on any atom is 0.142 e. The Bertz CT molecular complexity index is 569. The second-order valence-electron chi connectivity index (χ2n) is 5.04. The topological polar surface area (TPSA) is 24.5 Å². The van der Waals surface area contributed by atoms with Crippen molar-refractivity contribution in [1.82, 2.24) is 5.32 Å². The fourth-order valence-corrected chi connectivity index (χ4v) is 2.42. The van der Waals surface area contributed by atoms with Crippen molar-refractivity contribution in [3.05, 3.63) is 54.1 Å². The summed E-state index contributed by atoms with van der Waals surface area (Å²) in [6.07, 6.45) is 1.14. The van der Waals surface area contributed by atoms with Gasteiger partial charge < -0.3 is 15.0 Å². The lowest BCUT2D eigenvalue weighted by atomic mass is 10.1. The highest BCUT2D eigenvalue weighted by molar-refractivity contribution is 5.70. The summed E-state index contributed by atoms with van der Waals surface area (Å²) in [6, 6.07) is 16.6. The van der Waals surface area contributed by atoms with Crippen LogP contribution in [0.15, 0.2) is 48.5 Å². The number of hydrogen-bond acceptors (Lipinski definition) is 3. The highest BCUT2D eigenvalue weighted by Crippen LogP contribution is 2.33. The molecule has 0 radical (unpaired) electrons. The molecule has 0 saturated heterocycles. The van der Waals surface area contributed by atoms with E-state index in [1.165, 1.54) is 11.3 Å². The minimum atomic E-state index is 0.878. The van der Waals surface area contributed by atoms with E-state index in [9.17, 15) is 0 Å². The normalized spacial score (nSPS) is 10.4. The Morgan fingerprint density at radius 3 is 2.38 bits per heavy atom. The maximum absolute atomic E-state index is 5.47. The molecule has 112 valence electrons. The van der Waals surface area contributed by atoms with Gasteiger partial charge in [0.15, 0.2) is 0 Å². The van der Waals surface area contributed by atoms with E-state index >= 15 is 0 Å². The molecule has 0 fully saturated rings. The van der Waals surface area contributed by atoms with Crippen LogP contribution in [0.1, 0.15) is 18.9 Å². The van der Waals surface area contributed by atoms with Gasteiger partial charge in [0.05, 0.1) is 12.8 Å². The molecule has 0 aliphatic heterocycles. The summed E-state index contributed by atoms with van der Waals surface area (Å²) in [4.78, 5) is 2.18. The van der Waals surface area contributed by atoms with Crippen LogP contribution in [0.2, 0.25) is 0 Å². The third-order valence-corrected chi connectivity index (χ3v) is 3.54. The van der Waals surface area contributed by atoms with Crippen LogP contribution in [-0.4, -0.2) is 20.7 Å². The Morgan fingerprint density at radius 2 is 1.67 bits per heavy atom. The van der Waals surface area contributed by atoms with Crippen LogP contribution >= 0.6 is 0 Å². The largest absolute Gasteiger partial charge is 0.495 e. The number of methoxy groups -OCH3 is 1. The number of nitrogens with one attached hydrogen (secondary N) is 1. The molecule has 0 amide bonds. The molecule has 0 aliphatic carbocycles. The van der Waals surface area contributed by atoms with E-state index in [1.807, 2.05) is 18.2 Å². The van der Waals surface area contributed by atoms with Crippen molar-refractivity contribution >= 4 is 11.4 Å². The van der Waals surface area contributed by atoms with Gasteiger partial charge in [0.1, 0.15) is 5.75 Å². The van der Waals surface area contributed by atoms with Gasteiger partial charge in [-0.3, -0.25) is 0 Å². The molecule has 3 heteroatoms. The second kappa shape index (κ2) is 7.70. The molecule has 0 spiro atoms. The van der Waals surface area contributed by atoms with Crippen molar-refractivity contribution in [2.45, 2.75) is 19.9 Å². The summed E-state index contributed by atoms with van der Waals surface area (Å²) >= 11 is 0. The standard InChI is InChI=1S/C18H24N2O/c1-4-13-19-14-15-9-5-6-10-16(15)20(2)17-11-7-8-12-18(17)21-3/h5-12,19H,4,13-14H2,1-3H3. The summed E-state index contributed by atoms with van der Waals surface area (Å²) < 4.78 is 5.47. The number of anilines is 2. The van der Waals surface area contributed by atoms with Crippen LogP contribution in [0.5, 0.6) is 5.75 Å². The fraction of sp³-hybridized carbons (Fsp3) is 0.333. The first kappa shape index (κ1) is 15.4. The van der Waals surface area contributed by atoms with Gasteiger partial charge in [-0.25, -0.2) is 0 Å². The number of ether oxygens (including phenoxy) is 1. The van der Waals surface area contributed by atoms with Gasteiger partial charge in [-0.15, -0.1) is 0 Å². The van der Waals surface area contributed by atoms with Crippen molar-refractivity contribution in [3.8, 4) is 5.75 Å². The maximum atomic E-state index is 5.47. The predicted molar refractivity (Wildman–Crippen MR) is 89.5 cm³/mol. The van der Waals surface area contributed by atoms with Gasteiger partial charge in [-0.2, -0.15) is 0 Å². The summed E-state index contributed by atoms with van der Waals surface area (Å²) in [7, 11) is 3.79. The molecular weight excluding hydrogens is 260 g/mol. The van der Waals surface area contributed by atoms with Gasteiger partial charge in [0.25, 0.3) is 0 Å². The zero-order chi connectivity index (χ0) is 15.1. The van der Waals surface area contributed by atoms with Crippen molar-refractivity contribution in [2.24, 2.45) is 0 Å². The van der Waals surface area contributed by atoms with Crippen molar-refractivity contribution in [2.75, 3.05) is 25.6 Å². The molecular formula is C18H24N2O. The van der Waals surface area contributed by atoms with Crippen LogP contribution in [0.3, 0.4) is 0 Å².